The van der Waals surface area contributed by atoms with Gasteiger partial charge >= 0.3 is 12.1 Å². The van der Waals surface area contributed by atoms with E-state index in [0.717, 1.165) is 15.5 Å². The van der Waals surface area contributed by atoms with Crippen molar-refractivity contribution in [2.45, 2.75) is 12.7 Å². The smallest absolute Gasteiger partial charge is 0.344 e. The molecule has 0 radical (unpaired) electrons. The third-order valence-electron chi connectivity index (χ3n) is 4.26. The quantitative estimate of drug-likeness (QED) is 0.429. The molecule has 2 aromatic heterocycles. The summed E-state index contributed by atoms with van der Waals surface area (Å²) in [7, 11) is 0. The molecule has 9 heteroatoms. The SMILES string of the molecule is O=C(NCc1ccc2c(c1)nc(Nc1cccc(F)c1)c1ccsc12)C(F)(F)F. The molecule has 148 valence electrons. The van der Waals surface area contributed by atoms with Gasteiger partial charge in [0.2, 0.25) is 0 Å². The second kappa shape index (κ2) is 7.32. The van der Waals surface area contributed by atoms with E-state index in [1.807, 2.05) is 16.8 Å². The van der Waals surface area contributed by atoms with E-state index in [1.54, 1.807) is 30.3 Å². The van der Waals surface area contributed by atoms with Gasteiger partial charge in [-0.05, 0) is 41.3 Å². The Kier molecular flexibility index (Phi) is 4.83. The van der Waals surface area contributed by atoms with E-state index in [2.05, 4.69) is 10.3 Å². The first-order valence-electron chi connectivity index (χ1n) is 8.49. The lowest BCUT2D eigenvalue weighted by Crippen LogP contribution is -2.36. The molecule has 1 amide bonds. The fourth-order valence-corrected chi connectivity index (χ4v) is 3.87. The number of amides is 1. The summed E-state index contributed by atoms with van der Waals surface area (Å²) in [6, 6.07) is 12.9. The first-order chi connectivity index (χ1) is 13.8. The molecule has 2 aromatic carbocycles. The summed E-state index contributed by atoms with van der Waals surface area (Å²) in [5.74, 6) is -1.87. The molecule has 0 aliphatic carbocycles. The van der Waals surface area contributed by atoms with Crippen molar-refractivity contribution in [3.8, 4) is 0 Å². The van der Waals surface area contributed by atoms with Crippen molar-refractivity contribution in [3.63, 3.8) is 0 Å². The Labute approximate surface area is 166 Å². The number of carbonyl (C=O) groups is 1. The summed E-state index contributed by atoms with van der Waals surface area (Å²) in [6.45, 7) is -0.273. The molecule has 0 aliphatic rings. The molecule has 2 heterocycles. The molecular formula is C20H13F4N3OS. The van der Waals surface area contributed by atoms with Gasteiger partial charge in [0, 0.05) is 27.7 Å². The summed E-state index contributed by atoms with van der Waals surface area (Å²) >= 11 is 1.50. The van der Waals surface area contributed by atoms with Crippen molar-refractivity contribution >= 4 is 49.7 Å². The van der Waals surface area contributed by atoms with E-state index in [-0.39, 0.29) is 12.4 Å². The predicted octanol–water partition coefficient (Wildman–Crippen LogP) is 5.51. The molecule has 0 unspecified atom stereocenters. The number of alkyl halides is 3. The van der Waals surface area contributed by atoms with Gasteiger partial charge in [0.15, 0.2) is 0 Å². The van der Waals surface area contributed by atoms with Crippen LogP contribution in [0.1, 0.15) is 5.56 Å². The van der Waals surface area contributed by atoms with Crippen LogP contribution in [0.25, 0.3) is 21.0 Å². The van der Waals surface area contributed by atoms with Crippen molar-refractivity contribution in [2.75, 3.05) is 5.32 Å². The zero-order valence-electron chi connectivity index (χ0n) is 14.7. The molecule has 4 rings (SSSR count). The number of rotatable bonds is 4. The number of aromatic nitrogens is 1. The lowest BCUT2D eigenvalue weighted by molar-refractivity contribution is -0.173. The normalized spacial score (nSPS) is 11.7. The Balaban J connectivity index is 1.70. The Morgan fingerprint density at radius 1 is 1.07 bits per heavy atom. The Morgan fingerprint density at radius 2 is 1.90 bits per heavy atom. The number of anilines is 2. The van der Waals surface area contributed by atoms with Crippen molar-refractivity contribution in [3.05, 3.63) is 65.3 Å². The minimum Gasteiger partial charge on any atom is -0.344 e. The highest BCUT2D eigenvalue weighted by atomic mass is 32.1. The highest BCUT2D eigenvalue weighted by Gasteiger charge is 2.38. The number of thiophene rings is 1. The molecule has 2 N–H and O–H groups in total. The summed E-state index contributed by atoms with van der Waals surface area (Å²) in [4.78, 5) is 15.6. The molecular weight excluding hydrogens is 406 g/mol. The van der Waals surface area contributed by atoms with Crippen LogP contribution in [0.3, 0.4) is 0 Å². The zero-order chi connectivity index (χ0) is 20.6. The number of pyridine rings is 1. The first kappa shape index (κ1) is 19.1. The summed E-state index contributed by atoms with van der Waals surface area (Å²) in [5, 5.41) is 8.54. The zero-order valence-corrected chi connectivity index (χ0v) is 15.5. The maximum Gasteiger partial charge on any atom is 0.471 e. The minimum atomic E-state index is -4.93. The molecule has 0 spiro atoms. The van der Waals surface area contributed by atoms with Gasteiger partial charge in [-0.1, -0.05) is 18.2 Å². The molecule has 4 aromatic rings. The van der Waals surface area contributed by atoms with E-state index >= 15 is 0 Å². The van der Waals surface area contributed by atoms with Crippen LogP contribution in [0.5, 0.6) is 0 Å². The number of hydrogen-bond acceptors (Lipinski definition) is 4. The number of benzene rings is 2. The molecule has 0 saturated carbocycles. The Morgan fingerprint density at radius 3 is 2.66 bits per heavy atom. The average Bonchev–Trinajstić information content (AvgIpc) is 3.15. The standard InChI is InChI=1S/C20H13F4N3OS/c21-12-2-1-3-13(9-12)26-18-15-6-7-29-17(15)14-5-4-11(8-16(14)27-18)10-25-19(28)20(22,23)24/h1-9H,10H2,(H,25,28)(H,26,27). The lowest BCUT2D eigenvalue weighted by atomic mass is 10.1. The molecule has 0 bridgehead atoms. The highest BCUT2D eigenvalue weighted by molar-refractivity contribution is 7.18. The number of fused-ring (bicyclic) bond motifs is 3. The lowest BCUT2D eigenvalue weighted by Gasteiger charge is -2.11. The van der Waals surface area contributed by atoms with Crippen LogP contribution in [0.4, 0.5) is 29.1 Å². The van der Waals surface area contributed by atoms with Crippen LogP contribution in [0, 0.1) is 5.82 Å². The van der Waals surface area contributed by atoms with Crippen LogP contribution in [0.15, 0.2) is 53.9 Å². The van der Waals surface area contributed by atoms with Gasteiger partial charge in [0.25, 0.3) is 0 Å². The topological polar surface area (TPSA) is 54.0 Å². The van der Waals surface area contributed by atoms with Crippen LogP contribution in [-0.4, -0.2) is 17.1 Å². The predicted molar refractivity (Wildman–Crippen MR) is 105 cm³/mol. The largest absolute Gasteiger partial charge is 0.471 e. The summed E-state index contributed by atoms with van der Waals surface area (Å²) < 4.78 is 51.6. The number of nitrogens with one attached hydrogen (secondary N) is 2. The van der Waals surface area contributed by atoms with Crippen LogP contribution < -0.4 is 10.6 Å². The fraction of sp³-hybridized carbons (Fsp3) is 0.100. The maximum absolute atomic E-state index is 13.5. The summed E-state index contributed by atoms with van der Waals surface area (Å²) in [5.41, 5.74) is 1.56. The van der Waals surface area contributed by atoms with Crippen molar-refractivity contribution < 1.29 is 22.4 Å². The highest BCUT2D eigenvalue weighted by Crippen LogP contribution is 2.35. The van der Waals surface area contributed by atoms with Crippen molar-refractivity contribution in [2.24, 2.45) is 0 Å². The second-order valence-corrected chi connectivity index (χ2v) is 7.21. The van der Waals surface area contributed by atoms with Crippen molar-refractivity contribution in [1.29, 1.82) is 0 Å². The maximum atomic E-state index is 13.5. The third-order valence-corrected chi connectivity index (χ3v) is 5.20. The Bertz CT molecular complexity index is 1220. The van der Waals surface area contributed by atoms with Crippen molar-refractivity contribution in [1.82, 2.24) is 10.3 Å². The van der Waals surface area contributed by atoms with E-state index in [0.29, 0.717) is 22.6 Å². The molecule has 0 aliphatic heterocycles. The first-order valence-corrected chi connectivity index (χ1v) is 9.37. The van der Waals surface area contributed by atoms with Crippen LogP contribution in [0.2, 0.25) is 0 Å². The second-order valence-electron chi connectivity index (χ2n) is 6.29. The van der Waals surface area contributed by atoms with Crippen LogP contribution in [-0.2, 0) is 11.3 Å². The molecule has 0 atom stereocenters. The number of carbonyl (C=O) groups excluding carboxylic acids is 1. The van der Waals surface area contributed by atoms with Gasteiger partial charge in [0.1, 0.15) is 11.6 Å². The van der Waals surface area contributed by atoms with E-state index in [1.165, 1.54) is 23.5 Å². The molecule has 29 heavy (non-hydrogen) atoms. The average molecular weight is 419 g/mol. The minimum absolute atomic E-state index is 0.273. The van der Waals surface area contributed by atoms with Gasteiger partial charge in [-0.2, -0.15) is 13.2 Å². The van der Waals surface area contributed by atoms with Crippen LogP contribution >= 0.6 is 11.3 Å². The van der Waals surface area contributed by atoms with Gasteiger partial charge in [0.05, 0.1) is 5.52 Å². The number of nitrogens with zero attached hydrogens (tertiary/aromatic N) is 1. The van der Waals surface area contributed by atoms with Gasteiger partial charge < -0.3 is 10.6 Å². The van der Waals surface area contributed by atoms with Gasteiger partial charge in [-0.3, -0.25) is 4.79 Å². The monoisotopic (exact) mass is 419 g/mol. The summed E-state index contributed by atoms with van der Waals surface area (Å²) in [6.07, 6.45) is -4.93. The Hall–Kier alpha value is -3.20. The van der Waals surface area contributed by atoms with E-state index in [4.69, 9.17) is 0 Å². The third kappa shape index (κ3) is 4.00. The number of hydrogen-bond donors (Lipinski definition) is 2. The fourth-order valence-electron chi connectivity index (χ4n) is 2.94. The number of halogens is 4. The van der Waals surface area contributed by atoms with Gasteiger partial charge in [-0.25, -0.2) is 9.37 Å². The van der Waals surface area contributed by atoms with E-state index < -0.39 is 12.1 Å². The van der Waals surface area contributed by atoms with Gasteiger partial charge in [-0.15, -0.1) is 11.3 Å². The molecule has 0 fully saturated rings. The molecule has 0 saturated heterocycles. The molecule has 4 nitrogen and oxygen atoms in total. The van der Waals surface area contributed by atoms with E-state index in [9.17, 15) is 22.4 Å².